The SMILES string of the molecule is C1CCNCC1.Clc1ccc(-n2ccc(OCCOCCBr)n2)cc1Cl.Clc1ccc(-n2ccc(OCCOCCN3CCCCC3)n2)cc1Cl. The maximum atomic E-state index is 6.03. The minimum Gasteiger partial charge on any atom is -0.474 e. The average molecular weight is 850 g/mol. The van der Waals surface area contributed by atoms with E-state index in [4.69, 9.17) is 65.4 Å². The molecule has 0 aliphatic carbocycles. The standard InChI is InChI=1S/C18H23Cl2N3O2.C13H13BrCl2N2O2.C5H11N/c19-16-5-4-15(14-17(16)20)23-9-6-18(21-23)25-13-12-24-11-10-22-7-2-1-3-8-22;14-4-6-19-7-8-20-13-3-5-18(17-13)10-1-2-11(15)12(16)9-10;1-2-4-6-5-3-1/h4-6,9,14H,1-3,7-8,10-13H2;1-3,5,9H,4,6-8H2;6H,1-5H2. The quantitative estimate of drug-likeness (QED) is 0.0940. The summed E-state index contributed by atoms with van der Waals surface area (Å²) in [6.45, 7) is 9.37. The van der Waals surface area contributed by atoms with E-state index < -0.39 is 0 Å². The molecule has 0 saturated carbocycles. The van der Waals surface area contributed by atoms with Crippen LogP contribution < -0.4 is 14.8 Å². The smallest absolute Gasteiger partial charge is 0.233 e. The first kappa shape index (κ1) is 41.7. The normalized spacial score (nSPS) is 14.6. The zero-order valence-corrected chi connectivity index (χ0v) is 33.4. The van der Waals surface area contributed by atoms with Gasteiger partial charge in [-0.25, -0.2) is 9.36 Å². The second-order valence-corrected chi connectivity index (χ2v) is 14.1. The van der Waals surface area contributed by atoms with Crippen LogP contribution in [0, 0.1) is 0 Å². The molecule has 4 aromatic rings. The Morgan fingerprint density at radius 2 is 1.10 bits per heavy atom. The minimum atomic E-state index is 0.464. The van der Waals surface area contributed by atoms with E-state index in [9.17, 15) is 0 Å². The maximum absolute atomic E-state index is 6.03. The van der Waals surface area contributed by atoms with Crippen LogP contribution in [0.15, 0.2) is 60.9 Å². The first-order valence-corrected chi connectivity index (χ1v) is 20.0. The zero-order valence-electron chi connectivity index (χ0n) is 28.8. The van der Waals surface area contributed by atoms with Crippen LogP contribution in [0.5, 0.6) is 11.8 Å². The van der Waals surface area contributed by atoms with Gasteiger partial charge in [0.25, 0.3) is 0 Å². The van der Waals surface area contributed by atoms with E-state index in [1.54, 1.807) is 45.9 Å². The van der Waals surface area contributed by atoms with Crippen molar-refractivity contribution in [1.82, 2.24) is 29.8 Å². The van der Waals surface area contributed by atoms with E-state index in [1.165, 1.54) is 64.7 Å². The molecular formula is C36H47BrCl4N6O4. The third-order valence-corrected chi connectivity index (χ3v) is 9.65. The van der Waals surface area contributed by atoms with E-state index in [1.807, 2.05) is 24.4 Å². The van der Waals surface area contributed by atoms with Crippen molar-refractivity contribution >= 4 is 62.3 Å². The molecule has 2 aliphatic heterocycles. The Balaban J connectivity index is 0.000000200. The molecule has 51 heavy (non-hydrogen) atoms. The van der Waals surface area contributed by atoms with Crippen molar-refractivity contribution in [3.8, 4) is 23.1 Å². The van der Waals surface area contributed by atoms with E-state index in [-0.39, 0.29) is 0 Å². The van der Waals surface area contributed by atoms with Crippen LogP contribution in [-0.4, -0.2) is 102 Å². The second-order valence-electron chi connectivity index (χ2n) is 11.7. The fraction of sp³-hybridized carbons (Fsp3) is 0.500. The van der Waals surface area contributed by atoms with E-state index in [0.29, 0.717) is 64.9 Å². The van der Waals surface area contributed by atoms with Gasteiger partial charge in [-0.3, -0.25) is 0 Å². The summed E-state index contributed by atoms with van der Waals surface area (Å²) in [7, 11) is 0. The lowest BCUT2D eigenvalue weighted by Gasteiger charge is -2.26. The molecule has 0 spiro atoms. The number of ether oxygens (including phenoxy) is 4. The van der Waals surface area contributed by atoms with Crippen molar-refractivity contribution < 1.29 is 18.9 Å². The molecule has 2 fully saturated rings. The summed E-state index contributed by atoms with van der Waals surface area (Å²) in [6.07, 6.45) is 11.8. The summed E-state index contributed by atoms with van der Waals surface area (Å²) in [5.74, 6) is 1.10. The fourth-order valence-electron chi connectivity index (χ4n) is 5.16. The number of piperidine rings is 2. The molecule has 2 aliphatic rings. The number of halogens is 5. The Morgan fingerprint density at radius 1 is 0.588 bits per heavy atom. The second kappa shape index (κ2) is 24.3. The van der Waals surface area contributed by atoms with Crippen molar-refractivity contribution in [3.05, 3.63) is 81.0 Å². The molecular weight excluding hydrogens is 802 g/mol. The van der Waals surface area contributed by atoms with Crippen LogP contribution in [0.1, 0.15) is 38.5 Å². The molecule has 2 aromatic carbocycles. The van der Waals surface area contributed by atoms with Crippen LogP contribution in [0.4, 0.5) is 0 Å². The summed E-state index contributed by atoms with van der Waals surface area (Å²) in [5.41, 5.74) is 1.66. The molecule has 10 nitrogen and oxygen atoms in total. The lowest BCUT2D eigenvalue weighted by atomic mass is 10.1. The van der Waals surface area contributed by atoms with Gasteiger partial charge in [0.2, 0.25) is 11.8 Å². The van der Waals surface area contributed by atoms with Gasteiger partial charge in [0.05, 0.1) is 57.9 Å². The molecule has 4 heterocycles. The molecule has 2 aromatic heterocycles. The van der Waals surface area contributed by atoms with Crippen LogP contribution in [0.2, 0.25) is 20.1 Å². The first-order chi connectivity index (χ1) is 24.9. The first-order valence-electron chi connectivity index (χ1n) is 17.4. The molecule has 1 N–H and O–H groups in total. The van der Waals surface area contributed by atoms with Crippen LogP contribution >= 0.6 is 62.3 Å². The fourth-order valence-corrected chi connectivity index (χ4v) is 5.97. The van der Waals surface area contributed by atoms with Gasteiger partial charge in [0.15, 0.2) is 0 Å². The van der Waals surface area contributed by atoms with Gasteiger partial charge < -0.3 is 29.2 Å². The zero-order chi connectivity index (χ0) is 36.1. The predicted molar refractivity (Wildman–Crippen MR) is 211 cm³/mol. The molecule has 280 valence electrons. The van der Waals surface area contributed by atoms with Gasteiger partial charge in [-0.2, -0.15) is 0 Å². The van der Waals surface area contributed by atoms with Gasteiger partial charge >= 0.3 is 0 Å². The topological polar surface area (TPSA) is 87.8 Å². The highest BCUT2D eigenvalue weighted by Crippen LogP contribution is 2.26. The number of benzene rings is 2. The Hall–Kier alpha value is -2.06. The average Bonchev–Trinajstić information content (AvgIpc) is 3.84. The Morgan fingerprint density at radius 3 is 1.55 bits per heavy atom. The number of alkyl halides is 1. The van der Waals surface area contributed by atoms with Crippen LogP contribution in [-0.2, 0) is 9.47 Å². The van der Waals surface area contributed by atoms with Gasteiger partial charge in [-0.05, 0) is 88.3 Å². The van der Waals surface area contributed by atoms with Crippen LogP contribution in [0.25, 0.3) is 11.4 Å². The third-order valence-electron chi connectivity index (χ3n) is 7.85. The lowest BCUT2D eigenvalue weighted by molar-refractivity contribution is 0.0739. The summed E-state index contributed by atoms with van der Waals surface area (Å²) in [4.78, 5) is 2.46. The Labute approximate surface area is 329 Å². The molecule has 0 amide bonds. The summed E-state index contributed by atoms with van der Waals surface area (Å²) < 4.78 is 25.4. The van der Waals surface area contributed by atoms with Crippen molar-refractivity contribution in [3.63, 3.8) is 0 Å². The maximum Gasteiger partial charge on any atom is 0.233 e. The number of likely N-dealkylation sites (tertiary alicyclic amines) is 1. The largest absolute Gasteiger partial charge is 0.474 e. The van der Waals surface area contributed by atoms with Gasteiger partial charge in [-0.1, -0.05) is 75.2 Å². The number of rotatable bonds is 15. The van der Waals surface area contributed by atoms with E-state index >= 15 is 0 Å². The van der Waals surface area contributed by atoms with E-state index in [0.717, 1.165) is 29.9 Å². The number of nitrogens with zero attached hydrogens (tertiary/aromatic N) is 5. The molecule has 2 saturated heterocycles. The highest BCUT2D eigenvalue weighted by atomic mass is 79.9. The third kappa shape index (κ3) is 15.8. The van der Waals surface area contributed by atoms with Crippen LogP contribution in [0.3, 0.4) is 0 Å². The van der Waals surface area contributed by atoms with Crippen molar-refractivity contribution in [2.75, 3.05) is 77.7 Å². The van der Waals surface area contributed by atoms with Crippen molar-refractivity contribution in [2.45, 2.75) is 38.5 Å². The molecule has 0 unspecified atom stereocenters. The molecule has 0 atom stereocenters. The van der Waals surface area contributed by atoms with E-state index in [2.05, 4.69) is 36.3 Å². The van der Waals surface area contributed by atoms with Gasteiger partial charge in [0.1, 0.15) is 13.2 Å². The van der Waals surface area contributed by atoms with Gasteiger partial charge in [0, 0.05) is 36.4 Å². The molecule has 6 rings (SSSR count). The monoisotopic (exact) mass is 846 g/mol. The van der Waals surface area contributed by atoms with Crippen molar-refractivity contribution in [2.24, 2.45) is 0 Å². The highest BCUT2D eigenvalue weighted by molar-refractivity contribution is 9.09. The Bertz CT molecular complexity index is 1540. The summed E-state index contributed by atoms with van der Waals surface area (Å²) in [6, 6.07) is 14.3. The summed E-state index contributed by atoms with van der Waals surface area (Å²) >= 11 is 27.1. The summed E-state index contributed by atoms with van der Waals surface area (Å²) in [5, 5.41) is 14.8. The Kier molecular flexibility index (Phi) is 19.9. The number of aromatic nitrogens is 4. The van der Waals surface area contributed by atoms with Gasteiger partial charge in [-0.15, -0.1) is 10.2 Å². The number of nitrogens with one attached hydrogen (secondary N) is 1. The predicted octanol–water partition coefficient (Wildman–Crippen LogP) is 8.79. The minimum absolute atomic E-state index is 0.464. The molecule has 15 heteroatoms. The lowest BCUT2D eigenvalue weighted by Crippen LogP contribution is -2.32. The molecule has 0 radical (unpaired) electrons. The number of hydrogen-bond acceptors (Lipinski definition) is 8. The number of hydrogen-bond donors (Lipinski definition) is 1. The molecule has 0 bridgehead atoms. The highest BCUT2D eigenvalue weighted by Gasteiger charge is 2.10. The van der Waals surface area contributed by atoms with Crippen molar-refractivity contribution in [1.29, 1.82) is 0 Å².